The Morgan fingerprint density at radius 3 is 1.38 bits per heavy atom. The van der Waals surface area contributed by atoms with Crippen molar-refractivity contribution < 1.29 is 38.3 Å². The van der Waals surface area contributed by atoms with Gasteiger partial charge in [-0.3, -0.25) is 9.97 Å². The van der Waals surface area contributed by atoms with Gasteiger partial charge in [-0.2, -0.15) is 0 Å². The minimum Gasteiger partial charge on any atom is -0.441 e. The van der Waals surface area contributed by atoms with E-state index in [1.807, 2.05) is 0 Å². The highest BCUT2D eigenvalue weighted by molar-refractivity contribution is 5.89. The van der Waals surface area contributed by atoms with E-state index in [0.717, 1.165) is 0 Å². The molecule has 0 spiro atoms. The van der Waals surface area contributed by atoms with E-state index in [4.69, 9.17) is 19.1 Å². The fraction of sp³-hybridized carbons (Fsp3) is 0.440. The van der Waals surface area contributed by atoms with E-state index in [-0.39, 0.29) is 30.6 Å². The van der Waals surface area contributed by atoms with Crippen molar-refractivity contribution in [2.24, 2.45) is 0 Å². The molecular formula is C25H32N4O8. The number of nitrogens with zero attached hydrogens (tertiary/aromatic N) is 4. The van der Waals surface area contributed by atoms with Crippen molar-refractivity contribution in [2.75, 3.05) is 10.1 Å². The van der Waals surface area contributed by atoms with E-state index >= 15 is 0 Å². The summed E-state index contributed by atoms with van der Waals surface area (Å²) in [4.78, 5) is 68.3. The van der Waals surface area contributed by atoms with E-state index in [1.54, 1.807) is 53.7 Å². The molecule has 2 rings (SSSR count). The Balaban J connectivity index is 1.98. The summed E-state index contributed by atoms with van der Waals surface area (Å²) < 4.78 is 10.6. The van der Waals surface area contributed by atoms with Gasteiger partial charge in [0, 0.05) is 25.2 Å². The first-order chi connectivity index (χ1) is 17.2. The van der Waals surface area contributed by atoms with Crippen molar-refractivity contribution in [1.82, 2.24) is 9.97 Å². The Hall–Kier alpha value is -4.22. The van der Waals surface area contributed by atoms with Crippen molar-refractivity contribution in [3.05, 3.63) is 49.1 Å². The van der Waals surface area contributed by atoms with Crippen LogP contribution in [0.4, 0.5) is 21.0 Å². The first-order valence-corrected chi connectivity index (χ1v) is 11.5. The quantitative estimate of drug-likeness (QED) is 0.495. The van der Waals surface area contributed by atoms with Gasteiger partial charge in [0.15, 0.2) is 0 Å². The number of hydrogen-bond acceptors (Lipinski definition) is 10. The number of anilines is 2. The van der Waals surface area contributed by atoms with Gasteiger partial charge in [-0.15, -0.1) is 10.1 Å². The zero-order valence-corrected chi connectivity index (χ0v) is 21.8. The van der Waals surface area contributed by atoms with E-state index in [9.17, 15) is 19.2 Å². The summed E-state index contributed by atoms with van der Waals surface area (Å²) in [6.07, 6.45) is 3.41. The molecule has 0 N–H and O–H groups in total. The Bertz CT molecular complexity index is 980. The number of aromatic nitrogens is 2. The molecule has 12 heteroatoms. The number of carbonyl (C=O) groups is 4. The van der Waals surface area contributed by atoms with Gasteiger partial charge in [-0.1, -0.05) is 0 Å². The second kappa shape index (κ2) is 12.7. The Labute approximate surface area is 215 Å². The molecule has 0 saturated carbocycles. The number of hydroxylamine groups is 2. The third kappa shape index (κ3) is 10.5. The molecule has 0 aliphatic rings. The standard InChI is InChI=1S/C25H32N4O8/c1-24(2,3)34-22(32)28(18-10-8-14-26-16-18)36-20(30)12-7-13-21(31)37-29(19-11-9-15-27-17-19)23(33)35-25(4,5)6/h8-11,14-17H,7,12-13H2,1-6H3. The average Bonchev–Trinajstić information content (AvgIpc) is 2.80. The Morgan fingerprint density at radius 2 is 1.08 bits per heavy atom. The summed E-state index contributed by atoms with van der Waals surface area (Å²) in [5, 5.41) is 1.40. The molecule has 0 atom stereocenters. The van der Waals surface area contributed by atoms with Gasteiger partial charge in [-0.25, -0.2) is 19.2 Å². The monoisotopic (exact) mass is 516 g/mol. The third-order valence-corrected chi connectivity index (χ3v) is 4.03. The van der Waals surface area contributed by atoms with Crippen LogP contribution in [0.3, 0.4) is 0 Å². The molecule has 0 unspecified atom stereocenters. The van der Waals surface area contributed by atoms with Crippen molar-refractivity contribution in [2.45, 2.75) is 72.0 Å². The number of pyridine rings is 2. The van der Waals surface area contributed by atoms with Gasteiger partial charge in [0.2, 0.25) is 0 Å². The normalized spacial score (nSPS) is 11.2. The minimum atomic E-state index is -0.905. The smallest absolute Gasteiger partial charge is 0.441 e. The van der Waals surface area contributed by atoms with E-state index in [2.05, 4.69) is 9.97 Å². The minimum absolute atomic E-state index is 0.0159. The lowest BCUT2D eigenvalue weighted by Crippen LogP contribution is -2.39. The third-order valence-electron chi connectivity index (χ3n) is 4.03. The highest BCUT2D eigenvalue weighted by atomic mass is 16.8. The molecule has 37 heavy (non-hydrogen) atoms. The fourth-order valence-electron chi connectivity index (χ4n) is 2.62. The molecule has 0 fully saturated rings. The molecule has 0 bridgehead atoms. The second-order valence-electron chi connectivity index (χ2n) is 9.75. The number of rotatable bonds is 6. The maximum absolute atomic E-state index is 12.6. The molecule has 0 aliphatic heterocycles. The predicted octanol–water partition coefficient (Wildman–Crippen LogP) is 4.75. The van der Waals surface area contributed by atoms with E-state index in [0.29, 0.717) is 10.1 Å². The number of amides is 2. The number of carbonyl (C=O) groups excluding carboxylic acids is 4. The van der Waals surface area contributed by atoms with Gasteiger partial charge < -0.3 is 19.1 Å². The lowest BCUT2D eigenvalue weighted by atomic mass is 10.2. The van der Waals surface area contributed by atoms with Crippen LogP contribution in [-0.2, 0) is 28.7 Å². The zero-order valence-electron chi connectivity index (χ0n) is 21.8. The first-order valence-electron chi connectivity index (χ1n) is 11.5. The first kappa shape index (κ1) is 29.0. The summed E-state index contributed by atoms with van der Waals surface area (Å²) in [7, 11) is 0. The highest BCUT2D eigenvalue weighted by Gasteiger charge is 2.29. The number of hydrogen-bond donors (Lipinski definition) is 0. The molecule has 0 aliphatic carbocycles. The fourth-order valence-corrected chi connectivity index (χ4v) is 2.62. The van der Waals surface area contributed by atoms with E-state index in [1.165, 1.54) is 36.9 Å². The van der Waals surface area contributed by atoms with Crippen molar-refractivity contribution in [3.63, 3.8) is 0 Å². The van der Waals surface area contributed by atoms with Crippen LogP contribution >= 0.6 is 0 Å². The largest absolute Gasteiger partial charge is 0.448 e. The van der Waals surface area contributed by atoms with Crippen LogP contribution in [-0.4, -0.2) is 45.3 Å². The molecular weight excluding hydrogens is 484 g/mol. The van der Waals surface area contributed by atoms with Gasteiger partial charge in [0.1, 0.15) is 22.6 Å². The van der Waals surface area contributed by atoms with Gasteiger partial charge >= 0.3 is 24.1 Å². The molecule has 2 heterocycles. The predicted molar refractivity (Wildman–Crippen MR) is 132 cm³/mol. The van der Waals surface area contributed by atoms with Crippen LogP contribution in [0.5, 0.6) is 0 Å². The molecule has 2 amide bonds. The summed E-state index contributed by atoms with van der Waals surface area (Å²) in [6.45, 7) is 10.0. The van der Waals surface area contributed by atoms with Gasteiger partial charge in [-0.05, 0) is 72.2 Å². The lowest BCUT2D eigenvalue weighted by Gasteiger charge is -2.26. The average molecular weight is 517 g/mol. The topological polar surface area (TPSA) is 137 Å². The van der Waals surface area contributed by atoms with Crippen LogP contribution in [0.2, 0.25) is 0 Å². The Morgan fingerprint density at radius 1 is 0.703 bits per heavy atom. The molecule has 0 radical (unpaired) electrons. The zero-order chi connectivity index (χ0) is 27.6. The van der Waals surface area contributed by atoms with Gasteiger partial charge in [0.25, 0.3) is 0 Å². The number of ether oxygens (including phenoxy) is 2. The van der Waals surface area contributed by atoms with Crippen LogP contribution in [0.1, 0.15) is 60.8 Å². The van der Waals surface area contributed by atoms with E-state index < -0.39 is 35.3 Å². The van der Waals surface area contributed by atoms with Crippen LogP contribution in [0.15, 0.2) is 49.1 Å². The highest BCUT2D eigenvalue weighted by Crippen LogP contribution is 2.20. The molecule has 2 aromatic rings. The molecule has 200 valence electrons. The summed E-state index contributed by atoms with van der Waals surface area (Å²) in [5.74, 6) is -1.59. The molecule has 0 saturated heterocycles. The Kier molecular flexibility index (Phi) is 9.92. The van der Waals surface area contributed by atoms with Gasteiger partial charge in [0.05, 0.1) is 12.4 Å². The summed E-state index contributed by atoms with van der Waals surface area (Å²) >= 11 is 0. The van der Waals surface area contributed by atoms with Crippen molar-refractivity contribution in [3.8, 4) is 0 Å². The van der Waals surface area contributed by atoms with Crippen LogP contribution in [0, 0.1) is 0 Å². The SMILES string of the molecule is CC(C)(C)OC(=O)N(OC(=O)CCCC(=O)ON(C(=O)OC(C)(C)C)c1cccnc1)c1cccnc1. The molecule has 0 aromatic carbocycles. The summed E-state index contributed by atoms with van der Waals surface area (Å²) in [5.41, 5.74) is -1.28. The van der Waals surface area contributed by atoms with Crippen molar-refractivity contribution in [1.29, 1.82) is 0 Å². The summed E-state index contributed by atoms with van der Waals surface area (Å²) in [6, 6.07) is 6.17. The van der Waals surface area contributed by atoms with Crippen LogP contribution < -0.4 is 10.1 Å². The maximum atomic E-state index is 12.6. The maximum Gasteiger partial charge on any atom is 0.448 e. The van der Waals surface area contributed by atoms with Crippen LogP contribution in [0.25, 0.3) is 0 Å². The van der Waals surface area contributed by atoms with Crippen molar-refractivity contribution >= 4 is 35.5 Å². The lowest BCUT2D eigenvalue weighted by molar-refractivity contribution is -0.147. The molecule has 12 nitrogen and oxygen atoms in total. The second-order valence-corrected chi connectivity index (χ2v) is 9.75. The molecule has 2 aromatic heterocycles.